The Morgan fingerprint density at radius 2 is 2.21 bits per heavy atom. The molecule has 1 aliphatic carbocycles. The Morgan fingerprint density at radius 1 is 1.37 bits per heavy atom. The van der Waals surface area contributed by atoms with Crippen molar-refractivity contribution in [3.05, 3.63) is 24.1 Å². The van der Waals surface area contributed by atoms with Crippen LogP contribution in [0.4, 0.5) is 0 Å². The molecule has 0 saturated heterocycles. The fraction of sp³-hybridized carbons (Fsp3) is 0.385. The second-order valence-electron chi connectivity index (χ2n) is 4.40. The molecule has 19 heavy (non-hydrogen) atoms. The molecule has 0 radical (unpaired) electrons. The summed E-state index contributed by atoms with van der Waals surface area (Å²) >= 11 is 0. The third-order valence-electron chi connectivity index (χ3n) is 2.88. The summed E-state index contributed by atoms with van der Waals surface area (Å²) in [6.07, 6.45) is 2.54. The number of aromatic nitrogens is 2. The lowest BCUT2D eigenvalue weighted by Gasteiger charge is -2.10. The van der Waals surface area contributed by atoms with Crippen LogP contribution < -0.4 is 15.2 Å². The molecule has 0 atom stereocenters. The average Bonchev–Trinajstić information content (AvgIpc) is 3.13. The number of benzene rings is 1. The first-order chi connectivity index (χ1) is 9.30. The van der Waals surface area contributed by atoms with Crippen LogP contribution in [0, 0.1) is 0 Å². The van der Waals surface area contributed by atoms with E-state index in [-0.39, 0.29) is 6.54 Å². The van der Waals surface area contributed by atoms with Crippen molar-refractivity contribution >= 4 is 0 Å². The summed E-state index contributed by atoms with van der Waals surface area (Å²) in [4.78, 5) is 4.18. The number of rotatable bonds is 5. The van der Waals surface area contributed by atoms with Crippen LogP contribution in [0.25, 0.3) is 11.4 Å². The molecule has 3 rings (SSSR count). The highest BCUT2D eigenvalue weighted by Gasteiger charge is 2.25. The van der Waals surface area contributed by atoms with Crippen molar-refractivity contribution in [3.8, 4) is 22.9 Å². The van der Waals surface area contributed by atoms with Crippen LogP contribution in [0.2, 0.25) is 0 Å². The van der Waals surface area contributed by atoms with E-state index in [2.05, 4.69) is 10.1 Å². The molecule has 6 nitrogen and oxygen atoms in total. The molecule has 0 spiro atoms. The second kappa shape index (κ2) is 4.89. The molecule has 0 unspecified atom stereocenters. The molecule has 1 heterocycles. The molecule has 100 valence electrons. The highest BCUT2D eigenvalue weighted by molar-refractivity contribution is 5.60. The molecule has 1 aromatic heterocycles. The zero-order valence-corrected chi connectivity index (χ0v) is 10.6. The van der Waals surface area contributed by atoms with Crippen molar-refractivity contribution in [2.75, 3.05) is 7.11 Å². The highest BCUT2D eigenvalue weighted by Crippen LogP contribution is 2.35. The SMILES string of the molecule is COc1cc(-c2noc(CN)n2)ccc1OC1CC1. The van der Waals surface area contributed by atoms with Gasteiger partial charge in [0, 0.05) is 5.56 Å². The summed E-state index contributed by atoms with van der Waals surface area (Å²) in [6, 6.07) is 5.58. The zero-order chi connectivity index (χ0) is 13.2. The number of hydrogen-bond donors (Lipinski definition) is 1. The van der Waals surface area contributed by atoms with Crippen molar-refractivity contribution in [3.63, 3.8) is 0 Å². The van der Waals surface area contributed by atoms with Gasteiger partial charge in [-0.25, -0.2) is 0 Å². The Bertz CT molecular complexity index is 578. The fourth-order valence-corrected chi connectivity index (χ4v) is 1.72. The van der Waals surface area contributed by atoms with Crippen molar-refractivity contribution in [1.82, 2.24) is 10.1 Å². The lowest BCUT2D eigenvalue weighted by atomic mass is 10.2. The molecule has 6 heteroatoms. The smallest absolute Gasteiger partial charge is 0.240 e. The highest BCUT2D eigenvalue weighted by atomic mass is 16.5. The Morgan fingerprint density at radius 3 is 2.84 bits per heavy atom. The van der Waals surface area contributed by atoms with Gasteiger partial charge in [-0.3, -0.25) is 0 Å². The molecule has 0 amide bonds. The number of hydrogen-bond acceptors (Lipinski definition) is 6. The molecular formula is C13H15N3O3. The van der Waals surface area contributed by atoms with Gasteiger partial charge in [-0.15, -0.1) is 0 Å². The molecule has 2 aromatic rings. The first kappa shape index (κ1) is 12.0. The summed E-state index contributed by atoms with van der Waals surface area (Å²) in [5.74, 6) is 2.32. The fourth-order valence-electron chi connectivity index (χ4n) is 1.72. The van der Waals surface area contributed by atoms with E-state index in [9.17, 15) is 0 Å². The Labute approximate surface area is 110 Å². The molecule has 1 saturated carbocycles. The van der Waals surface area contributed by atoms with E-state index in [1.165, 1.54) is 0 Å². The minimum atomic E-state index is 0.229. The van der Waals surface area contributed by atoms with Gasteiger partial charge in [-0.05, 0) is 31.0 Å². The molecule has 1 aromatic carbocycles. The molecule has 0 aliphatic heterocycles. The monoisotopic (exact) mass is 261 g/mol. The first-order valence-corrected chi connectivity index (χ1v) is 6.18. The molecular weight excluding hydrogens is 246 g/mol. The van der Waals surface area contributed by atoms with E-state index in [1.54, 1.807) is 7.11 Å². The Balaban J connectivity index is 1.89. The van der Waals surface area contributed by atoms with Crippen LogP contribution in [-0.2, 0) is 6.54 Å². The number of ether oxygens (including phenoxy) is 2. The standard InChI is InChI=1S/C13H15N3O3/c1-17-11-6-8(13-15-12(7-14)19-16-13)2-5-10(11)18-9-3-4-9/h2,5-6,9H,3-4,7,14H2,1H3. The number of methoxy groups -OCH3 is 1. The van der Waals surface area contributed by atoms with E-state index in [0.29, 0.717) is 23.6 Å². The number of nitrogens with two attached hydrogens (primary N) is 1. The van der Waals surface area contributed by atoms with Gasteiger partial charge in [0.25, 0.3) is 0 Å². The van der Waals surface area contributed by atoms with E-state index in [4.69, 9.17) is 19.7 Å². The van der Waals surface area contributed by atoms with E-state index in [1.807, 2.05) is 18.2 Å². The lowest BCUT2D eigenvalue weighted by molar-refractivity contribution is 0.282. The predicted octanol–water partition coefficient (Wildman–Crippen LogP) is 1.75. The molecule has 1 fully saturated rings. The predicted molar refractivity (Wildman–Crippen MR) is 67.8 cm³/mol. The third-order valence-corrected chi connectivity index (χ3v) is 2.88. The van der Waals surface area contributed by atoms with Gasteiger partial charge in [0.2, 0.25) is 11.7 Å². The summed E-state index contributed by atoms with van der Waals surface area (Å²) in [5.41, 5.74) is 6.25. The molecule has 0 bridgehead atoms. The topological polar surface area (TPSA) is 83.4 Å². The first-order valence-electron chi connectivity index (χ1n) is 6.18. The second-order valence-corrected chi connectivity index (χ2v) is 4.40. The van der Waals surface area contributed by atoms with Crippen LogP contribution in [0.5, 0.6) is 11.5 Å². The van der Waals surface area contributed by atoms with Crippen LogP contribution in [-0.4, -0.2) is 23.4 Å². The van der Waals surface area contributed by atoms with Gasteiger partial charge in [0.05, 0.1) is 19.8 Å². The van der Waals surface area contributed by atoms with Gasteiger partial charge >= 0.3 is 0 Å². The van der Waals surface area contributed by atoms with Crippen LogP contribution in [0.3, 0.4) is 0 Å². The normalized spacial score (nSPS) is 14.4. The van der Waals surface area contributed by atoms with Crippen LogP contribution >= 0.6 is 0 Å². The summed E-state index contributed by atoms with van der Waals surface area (Å²) < 4.78 is 16.1. The maximum absolute atomic E-state index is 5.76. The van der Waals surface area contributed by atoms with E-state index < -0.39 is 0 Å². The summed E-state index contributed by atoms with van der Waals surface area (Å²) in [5, 5.41) is 3.87. The average molecular weight is 261 g/mol. The maximum Gasteiger partial charge on any atom is 0.240 e. The van der Waals surface area contributed by atoms with E-state index in [0.717, 1.165) is 24.2 Å². The largest absolute Gasteiger partial charge is 0.493 e. The number of nitrogens with zero attached hydrogens (tertiary/aromatic N) is 2. The third kappa shape index (κ3) is 2.53. The van der Waals surface area contributed by atoms with Crippen molar-refractivity contribution in [1.29, 1.82) is 0 Å². The van der Waals surface area contributed by atoms with Crippen molar-refractivity contribution < 1.29 is 14.0 Å². The quantitative estimate of drug-likeness (QED) is 0.882. The molecule has 2 N–H and O–H groups in total. The minimum Gasteiger partial charge on any atom is -0.493 e. The van der Waals surface area contributed by atoms with Crippen molar-refractivity contribution in [2.24, 2.45) is 5.73 Å². The maximum atomic E-state index is 5.76. The summed E-state index contributed by atoms with van der Waals surface area (Å²) in [7, 11) is 1.61. The summed E-state index contributed by atoms with van der Waals surface area (Å²) in [6.45, 7) is 0.229. The van der Waals surface area contributed by atoms with Gasteiger partial charge in [0.15, 0.2) is 11.5 Å². The van der Waals surface area contributed by atoms with Crippen LogP contribution in [0.1, 0.15) is 18.7 Å². The minimum absolute atomic E-state index is 0.229. The van der Waals surface area contributed by atoms with E-state index >= 15 is 0 Å². The van der Waals surface area contributed by atoms with Gasteiger partial charge < -0.3 is 19.7 Å². The Hall–Kier alpha value is -2.08. The Kier molecular flexibility index (Phi) is 3.08. The van der Waals surface area contributed by atoms with Crippen LogP contribution in [0.15, 0.2) is 22.7 Å². The zero-order valence-electron chi connectivity index (χ0n) is 10.6. The van der Waals surface area contributed by atoms with Crippen molar-refractivity contribution in [2.45, 2.75) is 25.5 Å². The van der Waals surface area contributed by atoms with Gasteiger partial charge in [-0.2, -0.15) is 4.98 Å². The lowest BCUT2D eigenvalue weighted by Crippen LogP contribution is -1.99. The van der Waals surface area contributed by atoms with Gasteiger partial charge in [-0.1, -0.05) is 5.16 Å². The molecule has 1 aliphatic rings. The van der Waals surface area contributed by atoms with Gasteiger partial charge in [0.1, 0.15) is 0 Å².